The highest BCUT2D eigenvalue weighted by molar-refractivity contribution is 7.99. The van der Waals surface area contributed by atoms with Gasteiger partial charge in [-0.05, 0) is 31.2 Å². The van der Waals surface area contributed by atoms with Gasteiger partial charge in [0.15, 0.2) is 5.54 Å². The zero-order valence-electron chi connectivity index (χ0n) is 14.1. The Morgan fingerprint density at radius 3 is 2.70 bits per heavy atom. The van der Waals surface area contributed by atoms with E-state index in [9.17, 15) is 23.2 Å². The SMILES string of the molecule is CC1(c2ccco2)NC(=O)N(CC(=O)Nc2ccccc2SC(F)F)C1=O. The van der Waals surface area contributed by atoms with Crippen LogP contribution in [0, 0.1) is 0 Å². The number of rotatable bonds is 6. The van der Waals surface area contributed by atoms with Crippen LogP contribution in [-0.2, 0) is 15.1 Å². The van der Waals surface area contributed by atoms with Gasteiger partial charge in [-0.25, -0.2) is 4.79 Å². The first-order valence-corrected chi connectivity index (χ1v) is 8.71. The Morgan fingerprint density at radius 2 is 2.04 bits per heavy atom. The summed E-state index contributed by atoms with van der Waals surface area (Å²) in [4.78, 5) is 38.0. The van der Waals surface area contributed by atoms with Gasteiger partial charge in [0.25, 0.3) is 11.7 Å². The zero-order valence-corrected chi connectivity index (χ0v) is 14.9. The number of hydrogen-bond acceptors (Lipinski definition) is 5. The van der Waals surface area contributed by atoms with Crippen molar-refractivity contribution in [1.82, 2.24) is 10.2 Å². The van der Waals surface area contributed by atoms with Crippen molar-refractivity contribution in [2.45, 2.75) is 23.1 Å². The van der Waals surface area contributed by atoms with E-state index in [1.54, 1.807) is 24.3 Å². The number of carbonyl (C=O) groups is 3. The predicted molar refractivity (Wildman–Crippen MR) is 93.2 cm³/mol. The van der Waals surface area contributed by atoms with Crippen molar-refractivity contribution in [3.05, 3.63) is 48.4 Å². The third kappa shape index (κ3) is 3.80. The van der Waals surface area contributed by atoms with Gasteiger partial charge in [-0.3, -0.25) is 14.5 Å². The molecule has 1 saturated heterocycles. The van der Waals surface area contributed by atoms with Gasteiger partial charge in [-0.2, -0.15) is 8.78 Å². The summed E-state index contributed by atoms with van der Waals surface area (Å²) >= 11 is 0.289. The molecular weight excluding hydrogens is 380 g/mol. The molecule has 1 unspecified atom stereocenters. The minimum absolute atomic E-state index is 0.175. The van der Waals surface area contributed by atoms with Crippen LogP contribution in [0.5, 0.6) is 0 Å². The molecule has 27 heavy (non-hydrogen) atoms. The lowest BCUT2D eigenvalue weighted by atomic mass is 9.99. The third-order valence-corrected chi connectivity index (χ3v) is 4.76. The lowest BCUT2D eigenvalue weighted by molar-refractivity contribution is -0.134. The summed E-state index contributed by atoms with van der Waals surface area (Å²) in [6.07, 6.45) is 1.37. The highest BCUT2D eigenvalue weighted by Crippen LogP contribution is 2.32. The van der Waals surface area contributed by atoms with Gasteiger partial charge >= 0.3 is 6.03 Å². The van der Waals surface area contributed by atoms with Gasteiger partial charge in [-0.15, -0.1) is 0 Å². The molecule has 1 aromatic heterocycles. The molecule has 1 aliphatic heterocycles. The summed E-state index contributed by atoms with van der Waals surface area (Å²) in [7, 11) is 0. The lowest BCUT2D eigenvalue weighted by Crippen LogP contribution is -2.41. The Balaban J connectivity index is 1.72. The fourth-order valence-electron chi connectivity index (χ4n) is 2.67. The quantitative estimate of drug-likeness (QED) is 0.580. The molecule has 2 heterocycles. The molecule has 10 heteroatoms. The smallest absolute Gasteiger partial charge is 0.325 e. The van der Waals surface area contributed by atoms with Crippen molar-refractivity contribution >= 4 is 35.3 Å². The van der Waals surface area contributed by atoms with E-state index in [1.165, 1.54) is 25.3 Å². The number of imide groups is 1. The number of halogens is 2. The van der Waals surface area contributed by atoms with E-state index in [0.717, 1.165) is 4.90 Å². The number of amides is 4. The fourth-order valence-corrected chi connectivity index (χ4v) is 3.27. The summed E-state index contributed by atoms with van der Waals surface area (Å²) in [6.45, 7) is 0.910. The van der Waals surface area contributed by atoms with Crippen molar-refractivity contribution in [1.29, 1.82) is 0 Å². The van der Waals surface area contributed by atoms with E-state index in [4.69, 9.17) is 4.42 Å². The van der Waals surface area contributed by atoms with Crippen molar-refractivity contribution in [3.8, 4) is 0 Å². The van der Waals surface area contributed by atoms with Gasteiger partial charge in [0.1, 0.15) is 12.3 Å². The van der Waals surface area contributed by atoms with Crippen LogP contribution in [0.25, 0.3) is 0 Å². The largest absolute Gasteiger partial charge is 0.466 e. The first-order valence-electron chi connectivity index (χ1n) is 7.83. The van der Waals surface area contributed by atoms with Crippen LogP contribution in [-0.4, -0.2) is 35.0 Å². The molecule has 0 saturated carbocycles. The van der Waals surface area contributed by atoms with Crippen LogP contribution in [0.1, 0.15) is 12.7 Å². The molecule has 1 aliphatic rings. The van der Waals surface area contributed by atoms with Crippen LogP contribution in [0.15, 0.2) is 52.0 Å². The lowest BCUT2D eigenvalue weighted by Gasteiger charge is -2.19. The Labute approximate surface area is 157 Å². The van der Waals surface area contributed by atoms with Crippen LogP contribution in [0.2, 0.25) is 0 Å². The second kappa shape index (κ2) is 7.39. The number of urea groups is 1. The van der Waals surface area contributed by atoms with Gasteiger partial charge in [0.2, 0.25) is 5.91 Å². The molecule has 142 valence electrons. The summed E-state index contributed by atoms with van der Waals surface area (Å²) in [6, 6.07) is 8.41. The second-order valence-corrected chi connectivity index (χ2v) is 6.88. The van der Waals surface area contributed by atoms with Crippen LogP contribution < -0.4 is 10.6 Å². The number of anilines is 1. The fraction of sp³-hybridized carbons (Fsp3) is 0.235. The molecule has 7 nitrogen and oxygen atoms in total. The maximum absolute atomic E-state index is 12.6. The number of furan rings is 1. The second-order valence-electron chi connectivity index (χ2n) is 5.85. The van der Waals surface area contributed by atoms with Crippen LogP contribution in [0.4, 0.5) is 19.3 Å². The summed E-state index contributed by atoms with van der Waals surface area (Å²) in [5.74, 6) is -3.75. The van der Waals surface area contributed by atoms with Crippen molar-refractivity contribution in [3.63, 3.8) is 0 Å². The van der Waals surface area contributed by atoms with Crippen LogP contribution >= 0.6 is 11.8 Å². The van der Waals surface area contributed by atoms with E-state index in [1.807, 2.05) is 0 Å². The highest BCUT2D eigenvalue weighted by atomic mass is 32.2. The molecule has 0 spiro atoms. The molecule has 3 rings (SSSR count). The Hall–Kier alpha value is -2.88. The van der Waals surface area contributed by atoms with Gasteiger partial charge in [-0.1, -0.05) is 23.9 Å². The maximum atomic E-state index is 12.6. The number of alkyl halides is 2. The number of hydrogen-bond donors (Lipinski definition) is 2. The first-order chi connectivity index (χ1) is 12.8. The van der Waals surface area contributed by atoms with Crippen LogP contribution in [0.3, 0.4) is 0 Å². The van der Waals surface area contributed by atoms with E-state index < -0.39 is 35.7 Å². The van der Waals surface area contributed by atoms with Crippen molar-refractivity contribution in [2.75, 3.05) is 11.9 Å². The van der Waals surface area contributed by atoms with Crippen molar-refractivity contribution < 1.29 is 27.6 Å². The number of thioether (sulfide) groups is 1. The summed E-state index contributed by atoms with van der Waals surface area (Å²) < 4.78 is 30.5. The third-order valence-electron chi connectivity index (χ3n) is 3.97. The number of benzene rings is 1. The van der Waals surface area contributed by atoms with Gasteiger partial charge in [0, 0.05) is 4.90 Å². The number of nitrogens with one attached hydrogen (secondary N) is 2. The number of carbonyl (C=O) groups excluding carboxylic acids is 3. The highest BCUT2D eigenvalue weighted by Gasteiger charge is 2.51. The van der Waals surface area contributed by atoms with Gasteiger partial charge < -0.3 is 15.1 Å². The monoisotopic (exact) mass is 395 g/mol. The molecule has 4 amide bonds. The molecule has 1 aromatic carbocycles. The minimum Gasteiger partial charge on any atom is -0.466 e. The Bertz CT molecular complexity index is 875. The topological polar surface area (TPSA) is 91.7 Å². The number of para-hydroxylation sites is 1. The summed E-state index contributed by atoms with van der Waals surface area (Å²) in [5.41, 5.74) is -1.24. The average molecular weight is 395 g/mol. The molecule has 1 atom stereocenters. The zero-order chi connectivity index (χ0) is 19.6. The van der Waals surface area contributed by atoms with E-state index >= 15 is 0 Å². The molecule has 0 aliphatic carbocycles. The average Bonchev–Trinajstić information content (AvgIpc) is 3.21. The maximum Gasteiger partial charge on any atom is 0.325 e. The minimum atomic E-state index is -2.65. The Morgan fingerprint density at radius 1 is 1.30 bits per heavy atom. The summed E-state index contributed by atoms with van der Waals surface area (Å²) in [5, 5.41) is 4.96. The first kappa shape index (κ1) is 18.9. The van der Waals surface area contributed by atoms with E-state index in [-0.39, 0.29) is 28.1 Å². The predicted octanol–water partition coefficient (Wildman–Crippen LogP) is 3.00. The molecule has 0 radical (unpaired) electrons. The normalized spacial score (nSPS) is 19.5. The number of nitrogens with zero attached hydrogens (tertiary/aromatic N) is 1. The molecule has 0 bridgehead atoms. The standard InChI is InChI=1S/C17H15F2N3O4S/c1-17(12-7-4-8-26-12)14(24)22(16(25)21-17)9-13(23)20-10-5-2-3-6-11(10)27-15(18)19/h2-8,15H,9H2,1H3,(H,20,23)(H,21,25). The van der Waals surface area contributed by atoms with Gasteiger partial charge in [0.05, 0.1) is 12.0 Å². The molecular formula is C17H15F2N3O4S. The molecule has 1 fully saturated rings. The molecule has 2 aromatic rings. The Kier molecular flexibility index (Phi) is 5.17. The molecule has 2 N–H and O–H groups in total. The van der Waals surface area contributed by atoms with E-state index in [0.29, 0.717) is 0 Å². The van der Waals surface area contributed by atoms with Crippen molar-refractivity contribution in [2.24, 2.45) is 0 Å². The van der Waals surface area contributed by atoms with E-state index in [2.05, 4.69) is 10.6 Å².